The lowest BCUT2D eigenvalue weighted by Gasteiger charge is -2.32. The van der Waals surface area contributed by atoms with Crippen molar-refractivity contribution in [2.45, 2.75) is 70.0 Å². The molecule has 0 radical (unpaired) electrons. The largest absolute Gasteiger partial charge is 0.481 e. The first-order valence-electron chi connectivity index (χ1n) is 9.89. The number of thiophene rings is 1. The molecular formula is C21H28Br2O5S. The summed E-state index contributed by atoms with van der Waals surface area (Å²) in [7, 11) is 0. The van der Waals surface area contributed by atoms with Gasteiger partial charge in [-0.05, 0) is 88.3 Å². The van der Waals surface area contributed by atoms with Crippen molar-refractivity contribution in [3.8, 4) is 0 Å². The Bertz CT molecular complexity index is 747. The Morgan fingerprint density at radius 3 is 2.69 bits per heavy atom. The van der Waals surface area contributed by atoms with Crippen molar-refractivity contribution < 1.29 is 24.9 Å². The van der Waals surface area contributed by atoms with E-state index in [1.165, 1.54) is 5.56 Å². The number of aliphatic hydroxyl groups is 2. The second-order valence-electron chi connectivity index (χ2n) is 7.69. The fourth-order valence-corrected chi connectivity index (χ4v) is 6.17. The number of allylic oxidation sites excluding steroid dienone is 2. The van der Waals surface area contributed by atoms with Crippen molar-refractivity contribution >= 4 is 54.9 Å². The van der Waals surface area contributed by atoms with Crippen LogP contribution in [0.25, 0.3) is 0 Å². The fraction of sp³-hybridized carbons (Fsp3) is 0.619. The molecule has 0 saturated heterocycles. The van der Waals surface area contributed by atoms with Gasteiger partial charge in [-0.3, -0.25) is 9.59 Å². The number of carboxylic acid groups (broad SMARTS) is 1. The lowest BCUT2D eigenvalue weighted by Crippen LogP contribution is -2.47. The zero-order valence-electron chi connectivity index (χ0n) is 16.4. The van der Waals surface area contributed by atoms with Gasteiger partial charge in [-0.1, -0.05) is 12.2 Å². The molecule has 1 saturated carbocycles. The van der Waals surface area contributed by atoms with Gasteiger partial charge in [-0.2, -0.15) is 0 Å². The maximum absolute atomic E-state index is 12.9. The number of Topliss-reactive ketones (excluding diaryl/α,β-unsaturated/α-hetero) is 1. The van der Waals surface area contributed by atoms with Gasteiger partial charge in [0.25, 0.3) is 0 Å². The molecule has 3 N–H and O–H groups in total. The van der Waals surface area contributed by atoms with Gasteiger partial charge in [0.2, 0.25) is 0 Å². The zero-order chi connectivity index (χ0) is 21.6. The summed E-state index contributed by atoms with van der Waals surface area (Å²) < 4.78 is 2.08. The molecule has 0 aromatic carbocycles. The summed E-state index contributed by atoms with van der Waals surface area (Å²) in [5, 5.41) is 33.0. The number of hydrogen-bond acceptors (Lipinski definition) is 5. The Morgan fingerprint density at radius 1 is 1.38 bits per heavy atom. The molecule has 162 valence electrons. The van der Waals surface area contributed by atoms with E-state index < -0.39 is 29.5 Å². The average molecular weight is 552 g/mol. The summed E-state index contributed by atoms with van der Waals surface area (Å²) in [6.45, 7) is 1.86. The van der Waals surface area contributed by atoms with Crippen molar-refractivity contribution in [1.29, 1.82) is 0 Å². The molecule has 1 heterocycles. The smallest absolute Gasteiger partial charge is 0.306 e. The highest BCUT2D eigenvalue weighted by molar-refractivity contribution is 9.13. The molecule has 1 fully saturated rings. The zero-order valence-corrected chi connectivity index (χ0v) is 20.4. The van der Waals surface area contributed by atoms with Crippen LogP contribution in [0.4, 0.5) is 0 Å². The van der Waals surface area contributed by atoms with Crippen molar-refractivity contribution in [2.24, 2.45) is 11.8 Å². The summed E-state index contributed by atoms with van der Waals surface area (Å²) in [4.78, 5) is 24.7. The summed E-state index contributed by atoms with van der Waals surface area (Å²) in [6, 6.07) is 0. The normalized spacial score (nSPS) is 25.6. The number of aliphatic hydroxyl groups excluding tert-OH is 1. The van der Waals surface area contributed by atoms with E-state index in [1.807, 2.05) is 19.1 Å². The Hall–Kier alpha value is -0.540. The van der Waals surface area contributed by atoms with Gasteiger partial charge >= 0.3 is 5.97 Å². The molecule has 0 bridgehead atoms. The third kappa shape index (κ3) is 6.23. The van der Waals surface area contributed by atoms with E-state index in [4.69, 9.17) is 0 Å². The molecule has 5 nitrogen and oxygen atoms in total. The third-order valence-corrected chi connectivity index (χ3v) is 9.18. The molecular weight excluding hydrogens is 524 g/mol. The Labute approximate surface area is 192 Å². The van der Waals surface area contributed by atoms with Crippen LogP contribution in [0.15, 0.2) is 25.8 Å². The summed E-state index contributed by atoms with van der Waals surface area (Å²) in [5.74, 6) is -2.97. The Balaban J connectivity index is 1.99. The van der Waals surface area contributed by atoms with E-state index in [1.54, 1.807) is 11.3 Å². The predicted molar refractivity (Wildman–Crippen MR) is 121 cm³/mol. The van der Waals surface area contributed by atoms with Gasteiger partial charge in [0.15, 0.2) is 5.78 Å². The minimum absolute atomic E-state index is 0.0765. The number of halogens is 2. The highest BCUT2D eigenvalue weighted by Crippen LogP contribution is 2.44. The fourth-order valence-electron chi connectivity index (χ4n) is 4.18. The third-order valence-electron chi connectivity index (χ3n) is 5.71. The average Bonchev–Trinajstić information content (AvgIpc) is 3.15. The standard InChI is InChI=1S/C21H28Br2O5S/c1-2-3-4-8-15(20(26)27)16-10-14(24)11-21(16,28)17(25)9-6-5-7-13-12-29-19(23)18(13)22/h2-3,12,14-16,24,28H,4-11H2,1H3,(H,26,27)/t14-,15?,16?,21-/m1/s1. The molecule has 2 unspecified atom stereocenters. The van der Waals surface area contributed by atoms with E-state index in [2.05, 4.69) is 37.2 Å². The molecule has 4 atom stereocenters. The van der Waals surface area contributed by atoms with Crippen LogP contribution in [0.5, 0.6) is 0 Å². The number of aliphatic carboxylic acids is 1. The van der Waals surface area contributed by atoms with Gasteiger partial charge in [0.1, 0.15) is 5.60 Å². The lowest BCUT2D eigenvalue weighted by atomic mass is 9.75. The van der Waals surface area contributed by atoms with Gasteiger partial charge in [-0.25, -0.2) is 0 Å². The molecule has 0 aliphatic heterocycles. The molecule has 1 aliphatic carbocycles. The van der Waals surface area contributed by atoms with E-state index in [-0.39, 0.29) is 25.0 Å². The SMILES string of the molecule is CC=CCCC(C(=O)O)C1C[C@@H](O)C[C@]1(O)C(=O)CCCCc1csc(Br)c1Br. The van der Waals surface area contributed by atoms with Crippen LogP contribution in [0.1, 0.15) is 57.4 Å². The van der Waals surface area contributed by atoms with Crippen molar-refractivity contribution in [3.63, 3.8) is 0 Å². The quantitative estimate of drug-likeness (QED) is 0.262. The van der Waals surface area contributed by atoms with Gasteiger partial charge in [0.05, 0.1) is 15.8 Å². The minimum atomic E-state index is -1.76. The number of aryl methyl sites for hydroxylation is 1. The highest BCUT2D eigenvalue weighted by atomic mass is 79.9. The number of unbranched alkanes of at least 4 members (excludes halogenated alkanes) is 1. The topological polar surface area (TPSA) is 94.8 Å². The van der Waals surface area contributed by atoms with Crippen LogP contribution in [-0.4, -0.2) is 38.8 Å². The number of carbonyl (C=O) groups excluding carboxylic acids is 1. The summed E-state index contributed by atoms with van der Waals surface area (Å²) >= 11 is 8.60. The Kier molecular flexibility index (Phi) is 9.54. The van der Waals surface area contributed by atoms with E-state index in [0.717, 1.165) is 21.1 Å². The van der Waals surface area contributed by atoms with Crippen molar-refractivity contribution in [3.05, 3.63) is 31.4 Å². The van der Waals surface area contributed by atoms with Crippen LogP contribution >= 0.6 is 43.2 Å². The molecule has 1 aromatic heterocycles. The molecule has 1 aromatic rings. The Morgan fingerprint density at radius 2 is 2.10 bits per heavy atom. The number of ketones is 1. The summed E-state index contributed by atoms with van der Waals surface area (Å²) in [6.07, 6.45) is 6.26. The monoisotopic (exact) mass is 550 g/mol. The van der Waals surface area contributed by atoms with Crippen LogP contribution in [0, 0.1) is 11.8 Å². The predicted octanol–water partition coefficient (Wildman–Crippen LogP) is 5.11. The van der Waals surface area contributed by atoms with Crippen LogP contribution in [0.2, 0.25) is 0 Å². The van der Waals surface area contributed by atoms with Crippen molar-refractivity contribution in [2.75, 3.05) is 0 Å². The van der Waals surface area contributed by atoms with Crippen LogP contribution < -0.4 is 0 Å². The van der Waals surface area contributed by atoms with E-state index in [9.17, 15) is 24.9 Å². The van der Waals surface area contributed by atoms with Gasteiger partial charge < -0.3 is 15.3 Å². The number of carboxylic acids is 1. The molecule has 29 heavy (non-hydrogen) atoms. The molecule has 8 heteroatoms. The minimum Gasteiger partial charge on any atom is -0.481 e. The molecule has 2 rings (SSSR count). The second-order valence-corrected chi connectivity index (χ2v) is 10.7. The van der Waals surface area contributed by atoms with Crippen molar-refractivity contribution in [1.82, 2.24) is 0 Å². The lowest BCUT2D eigenvalue weighted by molar-refractivity contribution is -0.154. The summed E-state index contributed by atoms with van der Waals surface area (Å²) in [5.41, 5.74) is -0.582. The first-order chi connectivity index (χ1) is 13.7. The second kappa shape index (κ2) is 11.2. The van der Waals surface area contributed by atoms with Gasteiger partial charge in [-0.15, -0.1) is 11.3 Å². The first-order valence-corrected chi connectivity index (χ1v) is 12.4. The van der Waals surface area contributed by atoms with E-state index in [0.29, 0.717) is 19.3 Å². The number of hydrogen-bond donors (Lipinski definition) is 3. The number of rotatable bonds is 11. The molecule has 1 aliphatic rings. The molecule has 0 amide bonds. The van der Waals surface area contributed by atoms with Gasteiger partial charge in [0, 0.05) is 23.2 Å². The maximum Gasteiger partial charge on any atom is 0.306 e. The van der Waals surface area contributed by atoms with Crippen LogP contribution in [0.3, 0.4) is 0 Å². The number of carbonyl (C=O) groups is 2. The molecule has 0 spiro atoms. The van der Waals surface area contributed by atoms with E-state index >= 15 is 0 Å². The maximum atomic E-state index is 12.9. The highest BCUT2D eigenvalue weighted by Gasteiger charge is 2.54. The first kappa shape index (κ1) is 24.7. The van der Waals surface area contributed by atoms with Crippen LogP contribution in [-0.2, 0) is 16.0 Å².